The van der Waals surface area contributed by atoms with Crippen LogP contribution >= 0.6 is 0 Å². The number of rotatable bonds is 0. The highest BCUT2D eigenvalue weighted by molar-refractivity contribution is 4.80. The molecular weight excluding hydrogens is 88.1 g/mol. The highest BCUT2D eigenvalue weighted by Gasteiger charge is 2.28. The molecule has 2 N–H and O–H groups in total. The summed E-state index contributed by atoms with van der Waals surface area (Å²) in [6, 6.07) is 0.611. The van der Waals surface area contributed by atoms with Gasteiger partial charge in [0.15, 0.2) is 0 Å². The summed E-state index contributed by atoms with van der Waals surface area (Å²) >= 11 is 0. The number of hydrogen-bond donors (Lipinski definition) is 1. The van der Waals surface area contributed by atoms with Crippen LogP contribution in [0.2, 0.25) is 0 Å². The van der Waals surface area contributed by atoms with Crippen LogP contribution in [0.3, 0.4) is 0 Å². The maximum atomic E-state index is 5.45. The molecule has 0 aromatic heterocycles. The summed E-state index contributed by atoms with van der Waals surface area (Å²) in [6.07, 6.45) is 0. The Morgan fingerprint density at radius 2 is 2.14 bits per heavy atom. The minimum Gasteiger partial charge on any atom is -0.269 e. The van der Waals surface area contributed by atoms with E-state index in [9.17, 15) is 0 Å². The van der Waals surface area contributed by atoms with Crippen molar-refractivity contribution in [3.05, 3.63) is 0 Å². The van der Waals surface area contributed by atoms with E-state index in [0.717, 1.165) is 12.5 Å². The Kier molecular flexibility index (Phi) is 1.05. The summed E-state index contributed by atoms with van der Waals surface area (Å²) in [5.74, 6) is 6.26. The lowest BCUT2D eigenvalue weighted by Gasteiger charge is -2.41. The van der Waals surface area contributed by atoms with Gasteiger partial charge in [-0.05, 0) is 12.8 Å². The Labute approximate surface area is 44.3 Å². The molecule has 1 fully saturated rings. The second-order valence-electron chi connectivity index (χ2n) is 2.41. The Hall–Kier alpha value is -0.0800. The van der Waals surface area contributed by atoms with Crippen molar-refractivity contribution >= 4 is 0 Å². The average Bonchev–Trinajstić information content (AvgIpc) is 1.68. The monoisotopic (exact) mass is 100 g/mol. The van der Waals surface area contributed by atoms with Gasteiger partial charge in [-0.3, -0.25) is 5.84 Å². The average molecular weight is 100 g/mol. The first kappa shape index (κ1) is 5.06. The molecule has 0 aromatic carbocycles. The van der Waals surface area contributed by atoms with E-state index < -0.39 is 0 Å². The molecule has 0 radical (unpaired) electrons. The molecular formula is C5H12N2. The Balaban J connectivity index is 2.29. The number of hydrogen-bond acceptors (Lipinski definition) is 2. The topological polar surface area (TPSA) is 29.3 Å². The van der Waals surface area contributed by atoms with Crippen LogP contribution in [0, 0.1) is 5.92 Å². The third-order valence-electron chi connectivity index (χ3n) is 1.85. The molecule has 7 heavy (non-hydrogen) atoms. The van der Waals surface area contributed by atoms with E-state index in [4.69, 9.17) is 5.84 Å². The van der Waals surface area contributed by atoms with Crippen LogP contribution in [-0.2, 0) is 0 Å². The first-order valence-electron chi connectivity index (χ1n) is 2.73. The van der Waals surface area contributed by atoms with Gasteiger partial charge in [-0.2, -0.15) is 0 Å². The third kappa shape index (κ3) is 0.640. The molecule has 1 aliphatic heterocycles. The van der Waals surface area contributed by atoms with Gasteiger partial charge in [-0.25, -0.2) is 5.01 Å². The highest BCUT2D eigenvalue weighted by atomic mass is 15.5. The summed E-state index contributed by atoms with van der Waals surface area (Å²) in [5.41, 5.74) is 0. The summed E-state index contributed by atoms with van der Waals surface area (Å²) in [7, 11) is 0. The van der Waals surface area contributed by atoms with Gasteiger partial charge < -0.3 is 0 Å². The lowest BCUT2D eigenvalue weighted by Crippen LogP contribution is -2.56. The maximum Gasteiger partial charge on any atom is 0.0251 e. The molecule has 0 spiro atoms. The molecule has 1 saturated heterocycles. The predicted octanol–water partition coefficient (Wildman–Crippen LogP) is 0.200. The molecule has 0 aromatic rings. The first-order valence-corrected chi connectivity index (χ1v) is 2.73. The second-order valence-corrected chi connectivity index (χ2v) is 2.41. The summed E-state index contributed by atoms with van der Waals surface area (Å²) in [4.78, 5) is 0. The maximum absolute atomic E-state index is 5.45. The Morgan fingerprint density at radius 1 is 1.57 bits per heavy atom. The van der Waals surface area contributed by atoms with Gasteiger partial charge in [-0.15, -0.1) is 0 Å². The molecule has 2 heteroatoms. The van der Waals surface area contributed by atoms with Crippen molar-refractivity contribution in [2.45, 2.75) is 19.9 Å². The fraction of sp³-hybridized carbons (Fsp3) is 1.00. The van der Waals surface area contributed by atoms with E-state index in [1.54, 1.807) is 0 Å². The van der Waals surface area contributed by atoms with Gasteiger partial charge in [-0.1, -0.05) is 6.92 Å². The van der Waals surface area contributed by atoms with Crippen molar-refractivity contribution in [2.75, 3.05) is 6.54 Å². The highest BCUT2D eigenvalue weighted by Crippen LogP contribution is 2.18. The van der Waals surface area contributed by atoms with Gasteiger partial charge >= 0.3 is 0 Å². The summed E-state index contributed by atoms with van der Waals surface area (Å²) in [6.45, 7) is 5.43. The number of hydrazine groups is 1. The Bertz CT molecular complexity index is 64.5. The zero-order valence-electron chi connectivity index (χ0n) is 4.89. The first-order chi connectivity index (χ1) is 3.22. The molecule has 1 rings (SSSR count). The van der Waals surface area contributed by atoms with E-state index in [0.29, 0.717) is 6.04 Å². The lowest BCUT2D eigenvalue weighted by atomic mass is 9.95. The minimum atomic E-state index is 0.611. The number of nitrogens with zero attached hydrogens (tertiary/aromatic N) is 1. The molecule has 0 bridgehead atoms. The molecule has 1 aliphatic rings. The molecule has 0 aliphatic carbocycles. The Morgan fingerprint density at radius 3 is 2.14 bits per heavy atom. The van der Waals surface area contributed by atoms with E-state index in [-0.39, 0.29) is 0 Å². The smallest absolute Gasteiger partial charge is 0.0251 e. The van der Waals surface area contributed by atoms with Gasteiger partial charge in [0.1, 0.15) is 0 Å². The lowest BCUT2D eigenvalue weighted by molar-refractivity contribution is 0.0385. The van der Waals surface area contributed by atoms with Crippen LogP contribution in [0.1, 0.15) is 13.8 Å². The van der Waals surface area contributed by atoms with Gasteiger partial charge in [0.05, 0.1) is 0 Å². The largest absolute Gasteiger partial charge is 0.269 e. The standard InChI is InChI=1S/C5H12N2/c1-4-3-7(6)5(4)2/h4-5H,3,6H2,1-2H3. The van der Waals surface area contributed by atoms with Gasteiger partial charge in [0.25, 0.3) is 0 Å². The number of nitrogens with two attached hydrogens (primary N) is 1. The molecule has 1 heterocycles. The SMILES string of the molecule is CC1CN(N)C1C. The van der Waals surface area contributed by atoms with Crippen LogP contribution in [0.4, 0.5) is 0 Å². The minimum absolute atomic E-state index is 0.611. The molecule has 0 saturated carbocycles. The molecule has 0 amide bonds. The van der Waals surface area contributed by atoms with Crippen LogP contribution < -0.4 is 5.84 Å². The van der Waals surface area contributed by atoms with Crippen molar-refractivity contribution in [3.8, 4) is 0 Å². The van der Waals surface area contributed by atoms with Crippen molar-refractivity contribution in [2.24, 2.45) is 11.8 Å². The van der Waals surface area contributed by atoms with Crippen molar-refractivity contribution in [1.82, 2.24) is 5.01 Å². The summed E-state index contributed by atoms with van der Waals surface area (Å²) < 4.78 is 0. The molecule has 2 atom stereocenters. The zero-order chi connectivity index (χ0) is 5.44. The van der Waals surface area contributed by atoms with E-state index in [2.05, 4.69) is 13.8 Å². The van der Waals surface area contributed by atoms with Gasteiger partial charge in [0, 0.05) is 12.6 Å². The van der Waals surface area contributed by atoms with Crippen LogP contribution in [0.25, 0.3) is 0 Å². The van der Waals surface area contributed by atoms with Crippen LogP contribution in [-0.4, -0.2) is 17.6 Å². The van der Waals surface area contributed by atoms with Crippen LogP contribution in [0.15, 0.2) is 0 Å². The fourth-order valence-electron chi connectivity index (χ4n) is 0.840. The quantitative estimate of drug-likeness (QED) is 0.441. The molecule has 42 valence electrons. The zero-order valence-corrected chi connectivity index (χ0v) is 4.89. The normalized spacial score (nSPS) is 43.3. The van der Waals surface area contributed by atoms with Crippen LogP contribution in [0.5, 0.6) is 0 Å². The third-order valence-corrected chi connectivity index (χ3v) is 1.85. The fourth-order valence-corrected chi connectivity index (χ4v) is 0.840. The van der Waals surface area contributed by atoms with Crippen molar-refractivity contribution in [1.29, 1.82) is 0 Å². The second kappa shape index (κ2) is 1.46. The predicted molar refractivity (Wildman–Crippen MR) is 29.5 cm³/mol. The van der Waals surface area contributed by atoms with E-state index in [1.807, 2.05) is 5.01 Å². The van der Waals surface area contributed by atoms with Crippen molar-refractivity contribution in [3.63, 3.8) is 0 Å². The van der Waals surface area contributed by atoms with Gasteiger partial charge in [0.2, 0.25) is 0 Å². The van der Waals surface area contributed by atoms with Crippen molar-refractivity contribution < 1.29 is 0 Å². The van der Waals surface area contributed by atoms with E-state index in [1.165, 1.54) is 0 Å². The molecule has 2 nitrogen and oxygen atoms in total. The summed E-state index contributed by atoms with van der Waals surface area (Å²) in [5, 5.41) is 1.87. The molecule has 2 unspecified atom stereocenters. The van der Waals surface area contributed by atoms with E-state index >= 15 is 0 Å².